The number of nitrogens with zero attached hydrogens (tertiary/aromatic N) is 4. The van der Waals surface area contributed by atoms with Gasteiger partial charge in [0.2, 0.25) is 10.0 Å². The fraction of sp³-hybridized carbons (Fsp3) is 0.400. The van der Waals surface area contributed by atoms with Crippen LogP contribution in [0.3, 0.4) is 0 Å². The van der Waals surface area contributed by atoms with E-state index in [4.69, 9.17) is 14.5 Å². The molecule has 9 heteroatoms. The van der Waals surface area contributed by atoms with Crippen molar-refractivity contribution < 1.29 is 17.9 Å². The van der Waals surface area contributed by atoms with Crippen molar-refractivity contribution in [3.05, 3.63) is 42.4 Å². The zero-order valence-corrected chi connectivity index (χ0v) is 17.5. The number of sulfonamides is 1. The number of ether oxygens (including phenoxy) is 2. The highest BCUT2D eigenvalue weighted by Gasteiger charge is 2.36. The Morgan fingerprint density at radius 3 is 2.69 bits per heavy atom. The molecular weight excluding hydrogens is 392 g/mol. The van der Waals surface area contributed by atoms with Crippen molar-refractivity contribution in [2.24, 2.45) is 0 Å². The molecule has 3 aromatic rings. The van der Waals surface area contributed by atoms with Crippen molar-refractivity contribution in [2.75, 3.05) is 27.3 Å². The third kappa shape index (κ3) is 3.34. The Balaban J connectivity index is 1.63. The summed E-state index contributed by atoms with van der Waals surface area (Å²) in [6.07, 6.45) is 2.47. The van der Waals surface area contributed by atoms with Crippen LogP contribution in [0.4, 0.5) is 0 Å². The second-order valence-electron chi connectivity index (χ2n) is 6.93. The molecule has 1 aliphatic heterocycles. The molecule has 1 aromatic carbocycles. The van der Waals surface area contributed by atoms with Gasteiger partial charge in [0.25, 0.3) is 0 Å². The van der Waals surface area contributed by atoms with E-state index in [0.29, 0.717) is 24.6 Å². The summed E-state index contributed by atoms with van der Waals surface area (Å²) in [6, 6.07) is 8.47. The zero-order chi connectivity index (χ0) is 20.6. The van der Waals surface area contributed by atoms with Gasteiger partial charge in [-0.2, -0.15) is 4.31 Å². The molecule has 0 bridgehead atoms. The lowest BCUT2D eigenvalue weighted by atomic mass is 10.1. The van der Waals surface area contributed by atoms with Crippen molar-refractivity contribution in [1.82, 2.24) is 18.8 Å². The highest BCUT2D eigenvalue weighted by atomic mass is 32.2. The normalized spacial score (nSPS) is 17.7. The minimum absolute atomic E-state index is 0.0269. The molecule has 1 aliphatic rings. The van der Waals surface area contributed by atoms with Crippen molar-refractivity contribution in [2.45, 2.75) is 30.7 Å². The Morgan fingerprint density at radius 1 is 1.17 bits per heavy atom. The number of pyridine rings is 1. The molecule has 0 aliphatic carbocycles. The second kappa shape index (κ2) is 7.64. The van der Waals surface area contributed by atoms with Crippen LogP contribution in [0.25, 0.3) is 11.2 Å². The minimum atomic E-state index is -3.64. The first-order valence-corrected chi connectivity index (χ1v) is 11.0. The van der Waals surface area contributed by atoms with Crippen molar-refractivity contribution in [3.8, 4) is 11.5 Å². The van der Waals surface area contributed by atoms with Crippen LogP contribution in [0.15, 0.2) is 41.4 Å². The highest BCUT2D eigenvalue weighted by Crippen LogP contribution is 2.35. The van der Waals surface area contributed by atoms with E-state index < -0.39 is 10.0 Å². The molecule has 0 saturated carbocycles. The Labute approximate surface area is 170 Å². The van der Waals surface area contributed by atoms with E-state index in [1.807, 2.05) is 19.1 Å². The number of imidazole rings is 1. The summed E-state index contributed by atoms with van der Waals surface area (Å²) in [5, 5.41) is 0. The smallest absolute Gasteiger partial charge is 0.243 e. The summed E-state index contributed by atoms with van der Waals surface area (Å²) < 4.78 is 40.5. The van der Waals surface area contributed by atoms with E-state index in [2.05, 4.69) is 9.55 Å². The van der Waals surface area contributed by atoms with E-state index in [-0.39, 0.29) is 10.8 Å². The summed E-state index contributed by atoms with van der Waals surface area (Å²) in [4.78, 5) is 9.38. The summed E-state index contributed by atoms with van der Waals surface area (Å²) >= 11 is 0. The maximum atomic E-state index is 13.2. The summed E-state index contributed by atoms with van der Waals surface area (Å²) in [5.41, 5.74) is 1.68. The third-order valence-corrected chi connectivity index (χ3v) is 7.22. The molecule has 2 aromatic heterocycles. The van der Waals surface area contributed by atoms with Crippen LogP contribution in [0.2, 0.25) is 0 Å². The topological polar surface area (TPSA) is 86.6 Å². The fourth-order valence-electron chi connectivity index (χ4n) is 3.88. The van der Waals surface area contributed by atoms with Crippen LogP contribution in [0.1, 0.15) is 25.1 Å². The molecule has 1 atom stereocenters. The molecule has 29 heavy (non-hydrogen) atoms. The summed E-state index contributed by atoms with van der Waals surface area (Å²) in [5.74, 6) is 1.81. The minimum Gasteiger partial charge on any atom is -0.493 e. The van der Waals surface area contributed by atoms with Gasteiger partial charge in [0, 0.05) is 37.8 Å². The van der Waals surface area contributed by atoms with E-state index in [9.17, 15) is 8.42 Å². The number of aromatic nitrogens is 3. The second-order valence-corrected chi connectivity index (χ2v) is 8.86. The molecular formula is C20H24N4O4S. The van der Waals surface area contributed by atoms with Crippen LogP contribution < -0.4 is 9.47 Å². The van der Waals surface area contributed by atoms with Crippen molar-refractivity contribution in [1.29, 1.82) is 0 Å². The number of benzene rings is 1. The molecule has 0 amide bonds. The van der Waals surface area contributed by atoms with Crippen LogP contribution in [-0.2, 0) is 16.6 Å². The average Bonchev–Trinajstić information content (AvgIpc) is 3.38. The fourth-order valence-corrected chi connectivity index (χ4v) is 5.40. The zero-order valence-electron chi connectivity index (χ0n) is 16.7. The Bertz CT molecular complexity index is 1140. The van der Waals surface area contributed by atoms with Gasteiger partial charge in [-0.1, -0.05) is 0 Å². The number of rotatable bonds is 6. The molecule has 8 nitrogen and oxygen atoms in total. The van der Waals surface area contributed by atoms with Gasteiger partial charge in [-0.3, -0.25) is 0 Å². The highest BCUT2D eigenvalue weighted by molar-refractivity contribution is 7.89. The molecule has 3 heterocycles. The van der Waals surface area contributed by atoms with Gasteiger partial charge < -0.3 is 14.0 Å². The molecule has 154 valence electrons. The predicted octanol–water partition coefficient (Wildman–Crippen LogP) is 2.65. The first-order valence-electron chi connectivity index (χ1n) is 9.53. The lowest BCUT2D eigenvalue weighted by Crippen LogP contribution is -2.29. The van der Waals surface area contributed by atoms with E-state index >= 15 is 0 Å². The number of fused-ring (bicyclic) bond motifs is 1. The lowest BCUT2D eigenvalue weighted by Gasteiger charge is -2.18. The van der Waals surface area contributed by atoms with Gasteiger partial charge >= 0.3 is 0 Å². The van der Waals surface area contributed by atoms with Gasteiger partial charge in [0.05, 0.1) is 19.1 Å². The Hall–Kier alpha value is -2.65. The van der Waals surface area contributed by atoms with Gasteiger partial charge in [0.1, 0.15) is 11.3 Å². The molecule has 4 rings (SSSR count). The molecule has 0 radical (unpaired) electrons. The average molecular weight is 417 g/mol. The number of hydrogen-bond acceptors (Lipinski definition) is 6. The van der Waals surface area contributed by atoms with E-state index in [1.54, 1.807) is 18.3 Å². The molecule has 1 saturated heterocycles. The third-order valence-electron chi connectivity index (χ3n) is 5.36. The van der Waals surface area contributed by atoms with Gasteiger partial charge in [-0.15, -0.1) is 0 Å². The Kier molecular flexibility index (Phi) is 5.18. The SMILES string of the molecule is CCn1c([C@@H]2CCN(S(=O)(=O)c3ccc(OC)c(OC)c3)C2)nc2cccnc21. The molecule has 0 spiro atoms. The maximum absolute atomic E-state index is 13.2. The molecule has 1 fully saturated rings. The van der Waals surface area contributed by atoms with Crippen molar-refractivity contribution in [3.63, 3.8) is 0 Å². The summed E-state index contributed by atoms with van der Waals surface area (Å²) in [7, 11) is -0.633. The summed E-state index contributed by atoms with van der Waals surface area (Å²) in [6.45, 7) is 3.62. The van der Waals surface area contributed by atoms with Crippen LogP contribution in [-0.4, -0.2) is 54.6 Å². The van der Waals surface area contributed by atoms with Crippen LogP contribution in [0.5, 0.6) is 11.5 Å². The molecule has 0 N–H and O–H groups in total. The van der Waals surface area contributed by atoms with Gasteiger partial charge in [-0.25, -0.2) is 18.4 Å². The standard InChI is InChI=1S/C20H24N4O4S/c1-4-24-19(22-16-6-5-10-21-20(16)24)14-9-11-23(13-14)29(25,26)15-7-8-17(27-2)18(12-15)28-3/h5-8,10,12,14H,4,9,11,13H2,1-3H3/t14-/m1/s1. The van der Waals surface area contributed by atoms with Gasteiger partial charge in [-0.05, 0) is 37.6 Å². The number of aryl methyl sites for hydroxylation is 1. The Morgan fingerprint density at radius 2 is 1.97 bits per heavy atom. The van der Waals surface area contributed by atoms with Crippen molar-refractivity contribution >= 4 is 21.2 Å². The predicted molar refractivity (Wildman–Crippen MR) is 109 cm³/mol. The van der Waals surface area contributed by atoms with Crippen LogP contribution >= 0.6 is 0 Å². The first-order chi connectivity index (χ1) is 14.0. The monoisotopic (exact) mass is 416 g/mol. The number of hydrogen-bond donors (Lipinski definition) is 0. The first kappa shape index (κ1) is 19.7. The van der Waals surface area contributed by atoms with Gasteiger partial charge in [0.15, 0.2) is 17.1 Å². The van der Waals surface area contributed by atoms with E-state index in [1.165, 1.54) is 24.6 Å². The maximum Gasteiger partial charge on any atom is 0.243 e. The molecule has 0 unspecified atom stereocenters. The van der Waals surface area contributed by atoms with Crippen LogP contribution in [0, 0.1) is 0 Å². The quantitative estimate of drug-likeness (QED) is 0.614. The van der Waals surface area contributed by atoms with E-state index in [0.717, 1.165) is 30.0 Å². The number of methoxy groups -OCH3 is 2. The largest absolute Gasteiger partial charge is 0.493 e. The lowest BCUT2D eigenvalue weighted by molar-refractivity contribution is 0.353.